The number of amides is 2. The minimum Gasteiger partial charge on any atom is -0.330 e. The van der Waals surface area contributed by atoms with E-state index in [0.717, 1.165) is 0 Å². The maximum absolute atomic E-state index is 11.3. The van der Waals surface area contributed by atoms with Crippen molar-refractivity contribution in [2.45, 2.75) is 47.5 Å². The van der Waals surface area contributed by atoms with Crippen molar-refractivity contribution < 1.29 is 9.59 Å². The van der Waals surface area contributed by atoms with Crippen LogP contribution in [-0.4, -0.2) is 29.8 Å². The molecule has 1 rings (SSSR count). The van der Waals surface area contributed by atoms with E-state index in [0.29, 0.717) is 25.9 Å². The Balaban J connectivity index is 0. The molecule has 0 spiro atoms. The van der Waals surface area contributed by atoms with Crippen LogP contribution in [0.2, 0.25) is 0 Å². The van der Waals surface area contributed by atoms with E-state index < -0.39 is 0 Å². The summed E-state index contributed by atoms with van der Waals surface area (Å²) in [5.41, 5.74) is 5.28. The van der Waals surface area contributed by atoms with Crippen molar-refractivity contribution in [3.63, 3.8) is 0 Å². The number of nitrogens with two attached hydrogens (primary N) is 1. The molecule has 0 aromatic carbocycles. The first-order valence-electron chi connectivity index (χ1n) is 6.21. The molecule has 0 aliphatic carbocycles. The van der Waals surface area contributed by atoms with E-state index in [1.54, 1.807) is 6.92 Å². The number of nitrogens with zero attached hydrogens (tertiary/aromatic N) is 1. The van der Waals surface area contributed by atoms with Crippen molar-refractivity contribution >= 4 is 11.8 Å². The van der Waals surface area contributed by atoms with Gasteiger partial charge in [-0.2, -0.15) is 0 Å². The summed E-state index contributed by atoms with van der Waals surface area (Å²) in [4.78, 5) is 23.8. The van der Waals surface area contributed by atoms with Crippen LogP contribution in [0.1, 0.15) is 47.5 Å². The number of hydrogen-bond donors (Lipinski definition) is 1. The fourth-order valence-electron chi connectivity index (χ4n) is 1.33. The number of imide groups is 1. The summed E-state index contributed by atoms with van der Waals surface area (Å²) in [7, 11) is 0. The molecule has 1 atom stereocenters. The van der Waals surface area contributed by atoms with Crippen LogP contribution in [0.3, 0.4) is 0 Å². The Bertz CT molecular complexity index is 205. The molecule has 0 aromatic heterocycles. The lowest BCUT2D eigenvalue weighted by Gasteiger charge is -2.12. The second kappa shape index (κ2) is 10.6. The molecule has 0 aromatic rings. The third-order valence-electron chi connectivity index (χ3n) is 2.06. The molecule has 4 heteroatoms. The lowest BCUT2D eigenvalue weighted by atomic mass is 10.1. The van der Waals surface area contributed by atoms with Crippen LogP contribution in [0.25, 0.3) is 0 Å². The van der Waals surface area contributed by atoms with Gasteiger partial charge in [-0.15, -0.1) is 0 Å². The zero-order valence-corrected chi connectivity index (χ0v) is 11.2. The lowest BCUT2D eigenvalue weighted by Crippen LogP contribution is -2.32. The third-order valence-corrected chi connectivity index (χ3v) is 2.06. The molecule has 96 valence electrons. The highest BCUT2D eigenvalue weighted by molar-refractivity contribution is 6.03. The average Bonchev–Trinajstić information content (AvgIpc) is 2.57. The molecular weight excluding hydrogens is 204 g/mol. The van der Waals surface area contributed by atoms with E-state index in [9.17, 15) is 9.59 Å². The summed E-state index contributed by atoms with van der Waals surface area (Å²) >= 11 is 0. The highest BCUT2D eigenvalue weighted by Crippen LogP contribution is 2.18. The fraction of sp³-hybridized carbons (Fsp3) is 0.833. The van der Waals surface area contributed by atoms with Crippen LogP contribution in [0.15, 0.2) is 0 Å². The van der Waals surface area contributed by atoms with Gasteiger partial charge >= 0.3 is 0 Å². The summed E-state index contributed by atoms with van der Waals surface area (Å²) in [5.74, 6) is -0.232. The van der Waals surface area contributed by atoms with Gasteiger partial charge in [0, 0.05) is 18.9 Å². The molecular formula is C12H26N2O2. The van der Waals surface area contributed by atoms with Crippen molar-refractivity contribution in [2.24, 2.45) is 11.7 Å². The maximum Gasteiger partial charge on any atom is 0.232 e. The molecule has 1 aliphatic heterocycles. The van der Waals surface area contributed by atoms with E-state index in [-0.39, 0.29) is 17.7 Å². The average molecular weight is 230 g/mol. The van der Waals surface area contributed by atoms with Gasteiger partial charge in [0.1, 0.15) is 0 Å². The highest BCUT2D eigenvalue weighted by atomic mass is 16.2. The molecule has 1 unspecified atom stereocenters. The Labute approximate surface area is 99.2 Å². The molecule has 1 heterocycles. The van der Waals surface area contributed by atoms with Crippen molar-refractivity contribution in [3.8, 4) is 0 Å². The Kier molecular flexibility index (Phi) is 11.6. The predicted molar refractivity (Wildman–Crippen MR) is 66.9 cm³/mol. The molecule has 2 N–H and O–H groups in total. The molecule has 0 radical (unpaired) electrons. The SMILES string of the molecule is CC.CC.CC1CC(=O)N(CCCN)C1=O. The quantitative estimate of drug-likeness (QED) is 0.752. The van der Waals surface area contributed by atoms with Crippen LogP contribution in [0, 0.1) is 5.92 Å². The molecule has 2 amide bonds. The minimum absolute atomic E-state index is 0.0477. The monoisotopic (exact) mass is 230 g/mol. The molecule has 0 saturated carbocycles. The summed E-state index contributed by atoms with van der Waals surface area (Å²) in [6.07, 6.45) is 1.06. The smallest absolute Gasteiger partial charge is 0.232 e. The Hall–Kier alpha value is -0.900. The van der Waals surface area contributed by atoms with Crippen molar-refractivity contribution in [1.29, 1.82) is 0 Å². The lowest BCUT2D eigenvalue weighted by molar-refractivity contribution is -0.139. The van der Waals surface area contributed by atoms with Crippen molar-refractivity contribution in [2.75, 3.05) is 13.1 Å². The first-order chi connectivity index (χ1) is 7.66. The van der Waals surface area contributed by atoms with Crippen molar-refractivity contribution in [3.05, 3.63) is 0 Å². The van der Waals surface area contributed by atoms with E-state index in [1.165, 1.54) is 4.90 Å². The van der Waals surface area contributed by atoms with E-state index in [1.807, 2.05) is 27.7 Å². The number of rotatable bonds is 3. The molecule has 16 heavy (non-hydrogen) atoms. The van der Waals surface area contributed by atoms with Crippen LogP contribution in [0.4, 0.5) is 0 Å². The van der Waals surface area contributed by atoms with Gasteiger partial charge < -0.3 is 5.73 Å². The van der Waals surface area contributed by atoms with Gasteiger partial charge in [0.2, 0.25) is 11.8 Å². The maximum atomic E-state index is 11.3. The number of carbonyl (C=O) groups excluding carboxylic acids is 2. The van der Waals surface area contributed by atoms with Gasteiger partial charge in [-0.1, -0.05) is 34.6 Å². The van der Waals surface area contributed by atoms with Gasteiger partial charge in [-0.25, -0.2) is 0 Å². The zero-order valence-electron chi connectivity index (χ0n) is 11.2. The standard InChI is InChI=1S/C8H14N2O2.2C2H6/c1-6-5-7(11)10(8(6)12)4-2-3-9;2*1-2/h6H,2-5,9H2,1H3;2*1-2H3. The van der Waals surface area contributed by atoms with Crippen LogP contribution in [0.5, 0.6) is 0 Å². The summed E-state index contributed by atoms with van der Waals surface area (Å²) in [6.45, 7) is 10.8. The first kappa shape index (κ1) is 17.5. The predicted octanol–water partition coefficient (Wildman–Crippen LogP) is 1.78. The van der Waals surface area contributed by atoms with Gasteiger partial charge in [-0.05, 0) is 13.0 Å². The number of likely N-dealkylation sites (tertiary alicyclic amines) is 1. The zero-order chi connectivity index (χ0) is 13.1. The third kappa shape index (κ3) is 5.26. The summed E-state index contributed by atoms with van der Waals surface area (Å²) in [6, 6.07) is 0. The topological polar surface area (TPSA) is 63.4 Å². The Morgan fingerprint density at radius 1 is 1.25 bits per heavy atom. The minimum atomic E-state index is -0.129. The second-order valence-corrected chi connectivity index (χ2v) is 3.13. The highest BCUT2D eigenvalue weighted by Gasteiger charge is 2.34. The van der Waals surface area contributed by atoms with Gasteiger partial charge in [0.15, 0.2) is 0 Å². The Morgan fingerprint density at radius 3 is 2.06 bits per heavy atom. The van der Waals surface area contributed by atoms with Crippen LogP contribution in [-0.2, 0) is 9.59 Å². The summed E-state index contributed by atoms with van der Waals surface area (Å²) < 4.78 is 0. The molecule has 4 nitrogen and oxygen atoms in total. The Morgan fingerprint density at radius 2 is 1.75 bits per heavy atom. The van der Waals surface area contributed by atoms with E-state index in [2.05, 4.69) is 0 Å². The molecule has 1 saturated heterocycles. The van der Waals surface area contributed by atoms with Crippen LogP contribution >= 0.6 is 0 Å². The molecule has 1 fully saturated rings. The van der Waals surface area contributed by atoms with E-state index >= 15 is 0 Å². The first-order valence-corrected chi connectivity index (χ1v) is 6.21. The van der Waals surface area contributed by atoms with E-state index in [4.69, 9.17) is 5.73 Å². The van der Waals surface area contributed by atoms with Gasteiger partial charge in [-0.3, -0.25) is 14.5 Å². The van der Waals surface area contributed by atoms with Crippen LogP contribution < -0.4 is 5.73 Å². The second-order valence-electron chi connectivity index (χ2n) is 3.13. The van der Waals surface area contributed by atoms with Gasteiger partial charge in [0.05, 0.1) is 0 Å². The molecule has 1 aliphatic rings. The van der Waals surface area contributed by atoms with Gasteiger partial charge in [0.25, 0.3) is 0 Å². The number of hydrogen-bond acceptors (Lipinski definition) is 3. The van der Waals surface area contributed by atoms with Crippen molar-refractivity contribution in [1.82, 2.24) is 4.90 Å². The largest absolute Gasteiger partial charge is 0.330 e. The molecule has 0 bridgehead atoms. The number of carbonyl (C=O) groups is 2. The fourth-order valence-corrected chi connectivity index (χ4v) is 1.33. The summed E-state index contributed by atoms with van der Waals surface area (Å²) in [5, 5.41) is 0. The normalized spacial score (nSPS) is 18.6.